The third-order valence-electron chi connectivity index (χ3n) is 10.7. The van der Waals surface area contributed by atoms with E-state index in [2.05, 4.69) is 21.8 Å². The van der Waals surface area contributed by atoms with Crippen LogP contribution in [0.15, 0.2) is 42.6 Å². The first-order valence-electron chi connectivity index (χ1n) is 17.6. The summed E-state index contributed by atoms with van der Waals surface area (Å²) in [5, 5.41) is 20.9. The highest BCUT2D eigenvalue weighted by atomic mass is 19.1. The molecule has 1 spiro atoms. The number of anilines is 1. The molecule has 1 saturated heterocycles. The lowest BCUT2D eigenvalue weighted by Crippen LogP contribution is -2.56. The molecule has 262 valence electrons. The third kappa shape index (κ3) is 6.34. The van der Waals surface area contributed by atoms with E-state index in [0.29, 0.717) is 23.4 Å². The van der Waals surface area contributed by atoms with Crippen LogP contribution in [0.25, 0.3) is 10.9 Å². The van der Waals surface area contributed by atoms with Crippen LogP contribution in [0.2, 0.25) is 0 Å². The number of fused-ring (bicyclic) bond motifs is 3. The van der Waals surface area contributed by atoms with Crippen LogP contribution in [-0.2, 0) is 19.8 Å². The summed E-state index contributed by atoms with van der Waals surface area (Å²) in [4.78, 5) is 58.9. The minimum atomic E-state index is -1.06. The first kappa shape index (κ1) is 33.7. The highest BCUT2D eigenvalue weighted by Gasteiger charge is 2.57. The molecule has 12 heteroatoms. The summed E-state index contributed by atoms with van der Waals surface area (Å²) >= 11 is 0. The molecular formula is C38H44FN7O4. The van der Waals surface area contributed by atoms with Gasteiger partial charge in [-0.25, -0.2) is 4.39 Å². The number of benzene rings is 2. The average molecular weight is 682 g/mol. The lowest BCUT2D eigenvalue weighted by atomic mass is 9.80. The van der Waals surface area contributed by atoms with Gasteiger partial charge in [-0.2, -0.15) is 10.4 Å². The Morgan fingerprint density at radius 3 is 2.60 bits per heavy atom. The van der Waals surface area contributed by atoms with Gasteiger partial charge in [0.1, 0.15) is 23.6 Å². The maximum Gasteiger partial charge on any atom is 0.252 e. The number of halogens is 1. The Labute approximate surface area is 291 Å². The lowest BCUT2D eigenvalue weighted by Gasteiger charge is -2.37. The fourth-order valence-electron chi connectivity index (χ4n) is 7.62. The second-order valence-corrected chi connectivity index (χ2v) is 15.9. The highest BCUT2D eigenvalue weighted by Crippen LogP contribution is 2.47. The van der Waals surface area contributed by atoms with Gasteiger partial charge >= 0.3 is 0 Å². The number of hydrogen-bond acceptors (Lipinski definition) is 6. The molecule has 0 bridgehead atoms. The maximum absolute atomic E-state index is 15.1. The van der Waals surface area contributed by atoms with Gasteiger partial charge in [-0.05, 0) is 67.2 Å². The van der Waals surface area contributed by atoms with Gasteiger partial charge in [-0.1, -0.05) is 51.8 Å². The van der Waals surface area contributed by atoms with Crippen LogP contribution < -0.4 is 10.6 Å². The smallest absolute Gasteiger partial charge is 0.252 e. The lowest BCUT2D eigenvalue weighted by molar-refractivity contribution is -0.147. The summed E-state index contributed by atoms with van der Waals surface area (Å²) in [6, 6.07) is 9.79. The molecule has 2 saturated carbocycles. The zero-order valence-electron chi connectivity index (χ0n) is 29.0. The Kier molecular flexibility index (Phi) is 8.43. The monoisotopic (exact) mass is 681 g/mol. The fraction of sp³-hybridized carbons (Fsp3) is 0.526. The van der Waals surface area contributed by atoms with Crippen LogP contribution in [-0.4, -0.2) is 74.9 Å². The van der Waals surface area contributed by atoms with Gasteiger partial charge in [-0.15, -0.1) is 0 Å². The Bertz CT molecular complexity index is 1920. The van der Waals surface area contributed by atoms with Gasteiger partial charge < -0.3 is 20.4 Å². The number of carbonyl (C=O) groups excluding carboxylic acids is 4. The number of carbonyl (C=O) groups is 4. The van der Waals surface area contributed by atoms with Crippen molar-refractivity contribution in [2.75, 3.05) is 18.9 Å². The molecule has 1 aromatic heterocycles. The number of likely N-dealkylation sites (N-methyl/N-ethyl adjacent to an activating group) is 1. The number of nitrogens with zero attached hydrogens (tertiary/aromatic N) is 5. The summed E-state index contributed by atoms with van der Waals surface area (Å²) in [6.07, 6.45) is 7.38. The van der Waals surface area contributed by atoms with Gasteiger partial charge in [0.25, 0.3) is 5.91 Å². The third-order valence-corrected chi connectivity index (χ3v) is 10.7. The molecule has 2 N–H and O–H groups in total. The van der Waals surface area contributed by atoms with E-state index in [0.717, 1.165) is 43.7 Å². The SMILES string of the molecule is CN(C(=O)[C@H](CCC1CC1)NC(=O)c1cc(F)c2nn(C3CC3)cc2c1)[C@@H](CC(C)(C)C)C(=O)N1C[C@]2(C[C@H]1C#N)C(=O)Nc1ccccc12. The molecule has 3 fully saturated rings. The largest absolute Gasteiger partial charge is 0.340 e. The molecule has 7 rings (SSSR count). The van der Waals surface area contributed by atoms with Crippen LogP contribution in [0.4, 0.5) is 10.1 Å². The number of amides is 4. The van der Waals surface area contributed by atoms with Crippen molar-refractivity contribution >= 4 is 40.2 Å². The Balaban J connectivity index is 1.15. The van der Waals surface area contributed by atoms with Crippen LogP contribution in [0.3, 0.4) is 0 Å². The van der Waals surface area contributed by atoms with Gasteiger partial charge in [0, 0.05) is 42.8 Å². The molecule has 0 unspecified atom stereocenters. The molecule has 3 heterocycles. The average Bonchev–Trinajstić information content (AvgIpc) is 4.00. The van der Waals surface area contributed by atoms with Gasteiger partial charge in [-0.3, -0.25) is 23.9 Å². The van der Waals surface area contributed by atoms with Crippen molar-refractivity contribution in [1.29, 1.82) is 5.26 Å². The predicted molar refractivity (Wildman–Crippen MR) is 184 cm³/mol. The van der Waals surface area contributed by atoms with Crippen molar-refractivity contribution in [3.05, 3.63) is 59.5 Å². The summed E-state index contributed by atoms with van der Waals surface area (Å²) in [7, 11) is 1.57. The normalized spacial score (nSPS) is 22.6. The second kappa shape index (κ2) is 12.5. The maximum atomic E-state index is 15.1. The van der Waals surface area contributed by atoms with Crippen LogP contribution >= 0.6 is 0 Å². The molecule has 2 aliphatic carbocycles. The first-order valence-corrected chi connectivity index (χ1v) is 17.6. The zero-order chi connectivity index (χ0) is 35.5. The number of nitriles is 1. The molecule has 2 aromatic carbocycles. The summed E-state index contributed by atoms with van der Waals surface area (Å²) in [6.45, 7) is 5.94. The number of para-hydroxylation sites is 1. The van der Waals surface area contributed by atoms with E-state index in [1.54, 1.807) is 24.0 Å². The fourth-order valence-corrected chi connectivity index (χ4v) is 7.62. The molecule has 4 atom stereocenters. The van der Waals surface area contributed by atoms with Crippen molar-refractivity contribution < 1.29 is 23.6 Å². The number of aromatic nitrogens is 2. The van der Waals surface area contributed by atoms with Crippen molar-refractivity contribution in [3.8, 4) is 6.07 Å². The minimum Gasteiger partial charge on any atom is -0.340 e. The van der Waals surface area contributed by atoms with Gasteiger partial charge in [0.2, 0.25) is 17.7 Å². The Morgan fingerprint density at radius 2 is 1.92 bits per heavy atom. The second-order valence-electron chi connectivity index (χ2n) is 15.9. The van der Waals surface area contributed by atoms with E-state index in [4.69, 9.17) is 0 Å². The highest BCUT2D eigenvalue weighted by molar-refractivity contribution is 6.07. The number of rotatable bonds is 10. The molecule has 11 nitrogen and oxygen atoms in total. The van der Waals surface area contributed by atoms with Crippen molar-refractivity contribution in [2.45, 2.75) is 102 Å². The molecule has 4 amide bonds. The van der Waals surface area contributed by atoms with E-state index in [1.807, 2.05) is 45.0 Å². The van der Waals surface area contributed by atoms with E-state index >= 15 is 4.39 Å². The van der Waals surface area contributed by atoms with Crippen LogP contribution in [0, 0.1) is 28.5 Å². The van der Waals surface area contributed by atoms with E-state index in [9.17, 15) is 24.4 Å². The molecule has 0 radical (unpaired) electrons. The van der Waals surface area contributed by atoms with E-state index < -0.39 is 52.5 Å². The van der Waals surface area contributed by atoms with Gasteiger partial charge in [0.15, 0.2) is 5.82 Å². The molecule has 2 aliphatic heterocycles. The standard InChI is InChI=1S/C38H44FN7O4/c1-37(2,3)18-31(35(49)45-21-38(17-26(45)19-40)27-7-5-6-8-29(27)42-36(38)50)44(4)34(48)30(14-11-22-9-10-22)41-33(47)23-15-24-20-46(25-12-13-25)43-32(24)28(39)16-23/h5-8,15-16,20,22,25-26,30-31H,9-14,17-18,21H2,1-4H3,(H,41,47)(H,42,50)/t26-,30-,31-,38-/m0/s1. The van der Waals surface area contributed by atoms with Gasteiger partial charge in [0.05, 0.1) is 17.5 Å². The number of hydrogen-bond donors (Lipinski definition) is 2. The Morgan fingerprint density at radius 1 is 1.18 bits per heavy atom. The quantitative estimate of drug-likeness (QED) is 0.306. The summed E-state index contributed by atoms with van der Waals surface area (Å²) in [5.41, 5.74) is 0.274. The number of nitrogens with one attached hydrogen (secondary N) is 2. The molecule has 50 heavy (non-hydrogen) atoms. The van der Waals surface area contributed by atoms with Crippen molar-refractivity contribution in [2.24, 2.45) is 11.3 Å². The topological polar surface area (TPSA) is 140 Å². The Hall–Kier alpha value is -4.79. The van der Waals surface area contributed by atoms with Crippen LogP contribution in [0.1, 0.15) is 94.1 Å². The summed E-state index contributed by atoms with van der Waals surface area (Å²) < 4.78 is 16.9. The zero-order valence-corrected chi connectivity index (χ0v) is 29.0. The van der Waals surface area contributed by atoms with E-state index in [1.165, 1.54) is 9.80 Å². The first-order chi connectivity index (χ1) is 23.8. The van der Waals surface area contributed by atoms with E-state index in [-0.39, 0.29) is 42.4 Å². The van der Waals surface area contributed by atoms with Crippen LogP contribution in [0.5, 0.6) is 0 Å². The predicted octanol–water partition coefficient (Wildman–Crippen LogP) is 5.08. The summed E-state index contributed by atoms with van der Waals surface area (Å²) in [5.74, 6) is -1.81. The van der Waals surface area contributed by atoms with Crippen molar-refractivity contribution in [1.82, 2.24) is 24.9 Å². The molecule has 4 aliphatic rings. The molecule has 3 aromatic rings. The minimum absolute atomic E-state index is 0.0167. The van der Waals surface area contributed by atoms with Crippen molar-refractivity contribution in [3.63, 3.8) is 0 Å². The number of likely N-dealkylation sites (tertiary alicyclic amines) is 1. The molecular weight excluding hydrogens is 637 g/mol.